The summed E-state index contributed by atoms with van der Waals surface area (Å²) in [6, 6.07) is 0. The summed E-state index contributed by atoms with van der Waals surface area (Å²) in [6.45, 7) is 4.22. The number of hydrogen-bond donors (Lipinski definition) is 1. The molecule has 3 rings (SSSR count). The van der Waals surface area contributed by atoms with E-state index in [1.54, 1.807) is 0 Å². The number of carbonyl (C=O) groups is 2. The van der Waals surface area contributed by atoms with E-state index in [9.17, 15) is 14.7 Å². The number of carbonyl (C=O) groups excluding carboxylic acids is 2. The van der Waals surface area contributed by atoms with Crippen molar-refractivity contribution in [3.8, 4) is 0 Å². The van der Waals surface area contributed by atoms with Gasteiger partial charge in [0.2, 0.25) is 0 Å². The summed E-state index contributed by atoms with van der Waals surface area (Å²) in [5, 5.41) is 10.3. The van der Waals surface area contributed by atoms with Crippen molar-refractivity contribution in [3.63, 3.8) is 0 Å². The van der Waals surface area contributed by atoms with Crippen LogP contribution in [0.5, 0.6) is 0 Å². The van der Waals surface area contributed by atoms with Crippen LogP contribution in [0.4, 0.5) is 0 Å². The molecule has 6 heteroatoms. The van der Waals surface area contributed by atoms with E-state index in [-0.39, 0.29) is 23.0 Å². The van der Waals surface area contributed by atoms with Gasteiger partial charge in [-0.25, -0.2) is 4.79 Å². The van der Waals surface area contributed by atoms with E-state index in [4.69, 9.17) is 9.47 Å². The molecule has 1 saturated heterocycles. The number of ketones is 1. The van der Waals surface area contributed by atoms with Crippen LogP contribution in [0.1, 0.15) is 44.9 Å². The highest BCUT2D eigenvalue weighted by Crippen LogP contribution is 2.32. The van der Waals surface area contributed by atoms with Gasteiger partial charge in [-0.05, 0) is 32.2 Å². The fraction of sp³-hybridized carbons (Fsp3) is 0.778. The maximum atomic E-state index is 12.5. The van der Waals surface area contributed by atoms with Crippen LogP contribution in [0.15, 0.2) is 11.3 Å². The van der Waals surface area contributed by atoms with E-state index in [0.29, 0.717) is 6.42 Å². The average Bonchev–Trinajstić information content (AvgIpc) is 2.90. The van der Waals surface area contributed by atoms with Crippen LogP contribution >= 0.6 is 0 Å². The Morgan fingerprint density at radius 3 is 2.58 bits per heavy atom. The Balaban J connectivity index is 1.54. The van der Waals surface area contributed by atoms with Crippen molar-refractivity contribution in [2.45, 2.75) is 51.0 Å². The quantitative estimate of drug-likeness (QED) is 0.590. The van der Waals surface area contributed by atoms with Crippen LogP contribution in [-0.2, 0) is 19.1 Å². The first-order chi connectivity index (χ1) is 11.7. The van der Waals surface area contributed by atoms with Crippen LogP contribution in [0.2, 0.25) is 0 Å². The van der Waals surface area contributed by atoms with Gasteiger partial charge >= 0.3 is 5.97 Å². The zero-order valence-corrected chi connectivity index (χ0v) is 14.2. The van der Waals surface area contributed by atoms with Crippen molar-refractivity contribution >= 4 is 11.8 Å². The van der Waals surface area contributed by atoms with Crippen molar-refractivity contribution in [2.75, 3.05) is 32.8 Å². The van der Waals surface area contributed by atoms with Gasteiger partial charge in [0.15, 0.2) is 17.6 Å². The highest BCUT2D eigenvalue weighted by atomic mass is 16.6. The van der Waals surface area contributed by atoms with Gasteiger partial charge in [-0.1, -0.05) is 19.3 Å². The standard InChI is InChI=1S/C18H27NO5/c20-16(13-5-2-1-3-6-13)15-17(21)14(24-18(15)22)7-4-8-19-9-11-23-12-10-19/h13-14,21H,1-12H2. The molecule has 6 nitrogen and oxygen atoms in total. The number of cyclic esters (lactones) is 1. The number of ether oxygens (including phenoxy) is 2. The molecule has 1 unspecified atom stereocenters. The van der Waals surface area contributed by atoms with E-state index in [1.807, 2.05) is 0 Å². The summed E-state index contributed by atoms with van der Waals surface area (Å²) in [5.41, 5.74) is -0.0849. The van der Waals surface area contributed by atoms with Crippen molar-refractivity contribution in [1.82, 2.24) is 4.90 Å². The molecule has 0 amide bonds. The van der Waals surface area contributed by atoms with Gasteiger partial charge in [0.05, 0.1) is 13.2 Å². The molecule has 2 fully saturated rings. The highest BCUT2D eigenvalue weighted by molar-refractivity contribution is 6.19. The van der Waals surface area contributed by atoms with Crippen molar-refractivity contribution < 1.29 is 24.2 Å². The number of esters is 1. The SMILES string of the molecule is O=C1OC(CCCN2CCOCC2)C(O)=C1C(=O)C1CCCCC1. The maximum Gasteiger partial charge on any atom is 0.346 e. The monoisotopic (exact) mass is 337 g/mol. The number of aliphatic hydroxyl groups excluding tert-OH is 1. The lowest BCUT2D eigenvalue weighted by molar-refractivity contribution is -0.141. The molecule has 0 spiro atoms. The Bertz CT molecular complexity index is 504. The molecule has 24 heavy (non-hydrogen) atoms. The topological polar surface area (TPSA) is 76.1 Å². The predicted molar refractivity (Wildman–Crippen MR) is 87.6 cm³/mol. The summed E-state index contributed by atoms with van der Waals surface area (Å²) >= 11 is 0. The fourth-order valence-corrected chi connectivity index (χ4v) is 3.83. The highest BCUT2D eigenvalue weighted by Gasteiger charge is 2.40. The van der Waals surface area contributed by atoms with Gasteiger partial charge in [-0.15, -0.1) is 0 Å². The lowest BCUT2D eigenvalue weighted by Gasteiger charge is -2.26. The Morgan fingerprint density at radius 2 is 1.88 bits per heavy atom. The summed E-state index contributed by atoms with van der Waals surface area (Å²) in [5.74, 6) is -1.12. The minimum atomic E-state index is -0.652. The van der Waals surface area contributed by atoms with Gasteiger partial charge in [0.1, 0.15) is 5.57 Å². The van der Waals surface area contributed by atoms with Gasteiger partial charge in [-0.2, -0.15) is 0 Å². The lowest BCUT2D eigenvalue weighted by atomic mass is 9.83. The average molecular weight is 337 g/mol. The molecular weight excluding hydrogens is 310 g/mol. The molecule has 1 aliphatic carbocycles. The van der Waals surface area contributed by atoms with E-state index >= 15 is 0 Å². The van der Waals surface area contributed by atoms with Crippen molar-refractivity contribution in [2.24, 2.45) is 5.92 Å². The summed E-state index contributed by atoms with van der Waals surface area (Å²) in [4.78, 5) is 26.9. The molecular formula is C18H27NO5. The van der Waals surface area contributed by atoms with E-state index < -0.39 is 12.1 Å². The van der Waals surface area contributed by atoms with E-state index in [2.05, 4.69) is 4.90 Å². The third-order valence-electron chi connectivity index (χ3n) is 5.28. The van der Waals surface area contributed by atoms with Crippen LogP contribution in [0, 0.1) is 5.92 Å². The van der Waals surface area contributed by atoms with Crippen LogP contribution < -0.4 is 0 Å². The molecule has 1 atom stereocenters. The molecule has 134 valence electrons. The Morgan fingerprint density at radius 1 is 1.17 bits per heavy atom. The Labute approximate surface area is 142 Å². The molecule has 2 heterocycles. The molecule has 1 N–H and O–H groups in total. The third kappa shape index (κ3) is 3.98. The molecule has 2 aliphatic heterocycles. The van der Waals surface area contributed by atoms with E-state index in [1.165, 1.54) is 0 Å². The van der Waals surface area contributed by atoms with Crippen LogP contribution in [-0.4, -0.2) is 60.7 Å². The molecule has 3 aliphatic rings. The number of hydrogen-bond acceptors (Lipinski definition) is 6. The molecule has 0 aromatic rings. The minimum Gasteiger partial charge on any atom is -0.507 e. The first-order valence-electron chi connectivity index (χ1n) is 9.15. The van der Waals surface area contributed by atoms with Crippen molar-refractivity contribution in [1.29, 1.82) is 0 Å². The smallest absolute Gasteiger partial charge is 0.346 e. The van der Waals surface area contributed by atoms with Crippen LogP contribution in [0.3, 0.4) is 0 Å². The minimum absolute atomic E-state index is 0.0849. The molecule has 0 radical (unpaired) electrons. The van der Waals surface area contributed by atoms with Crippen molar-refractivity contribution in [3.05, 3.63) is 11.3 Å². The molecule has 1 saturated carbocycles. The number of morpholine rings is 1. The predicted octanol–water partition coefficient (Wildman–Crippen LogP) is 1.99. The second-order valence-electron chi connectivity index (χ2n) is 6.95. The summed E-state index contributed by atoms with van der Waals surface area (Å²) in [6.07, 6.45) is 5.51. The number of rotatable bonds is 6. The largest absolute Gasteiger partial charge is 0.507 e. The lowest BCUT2D eigenvalue weighted by Crippen LogP contribution is -2.37. The zero-order chi connectivity index (χ0) is 16.9. The number of nitrogens with zero attached hydrogens (tertiary/aromatic N) is 1. The van der Waals surface area contributed by atoms with Gasteiger partial charge < -0.3 is 14.6 Å². The van der Waals surface area contributed by atoms with Gasteiger partial charge in [0, 0.05) is 19.0 Å². The third-order valence-corrected chi connectivity index (χ3v) is 5.28. The number of aliphatic hydroxyl groups is 1. The maximum absolute atomic E-state index is 12.5. The molecule has 0 aromatic heterocycles. The second-order valence-corrected chi connectivity index (χ2v) is 6.95. The first-order valence-corrected chi connectivity index (χ1v) is 9.15. The second kappa shape index (κ2) is 8.12. The Hall–Kier alpha value is -1.40. The fourth-order valence-electron chi connectivity index (χ4n) is 3.83. The van der Waals surface area contributed by atoms with Gasteiger partial charge in [0.25, 0.3) is 0 Å². The van der Waals surface area contributed by atoms with Crippen LogP contribution in [0.25, 0.3) is 0 Å². The summed E-state index contributed by atoms with van der Waals surface area (Å²) < 4.78 is 10.6. The van der Waals surface area contributed by atoms with Gasteiger partial charge in [-0.3, -0.25) is 9.69 Å². The molecule has 0 bridgehead atoms. The molecule has 0 aromatic carbocycles. The zero-order valence-electron chi connectivity index (χ0n) is 14.2. The van der Waals surface area contributed by atoms with E-state index in [0.717, 1.165) is 71.4 Å². The summed E-state index contributed by atoms with van der Waals surface area (Å²) in [7, 11) is 0. The first kappa shape index (κ1) is 17.4. The Kier molecular flexibility index (Phi) is 5.89. The number of Topliss-reactive ketones (excluding diaryl/α,β-unsaturated/α-hetero) is 1. The normalized spacial score (nSPS) is 26.7.